The number of rotatable bonds is 6. The molecular formula is C25H22Br2N2O6. The molecule has 8 nitrogen and oxygen atoms in total. The lowest BCUT2D eigenvalue weighted by Gasteiger charge is -2.19. The summed E-state index contributed by atoms with van der Waals surface area (Å²) in [6.07, 6.45) is -0.750. The van der Waals surface area contributed by atoms with Crippen molar-refractivity contribution in [3.05, 3.63) is 96.3 Å². The van der Waals surface area contributed by atoms with Crippen LogP contribution in [-0.4, -0.2) is 40.5 Å². The van der Waals surface area contributed by atoms with Crippen molar-refractivity contribution in [1.29, 1.82) is 0 Å². The van der Waals surface area contributed by atoms with Crippen molar-refractivity contribution in [3.8, 4) is 0 Å². The largest absolute Gasteiger partial charge is 0.459 e. The molecule has 0 unspecified atom stereocenters. The Labute approximate surface area is 218 Å². The molecule has 1 aliphatic heterocycles. The van der Waals surface area contributed by atoms with Crippen LogP contribution < -0.4 is 5.56 Å². The molecule has 1 aromatic heterocycles. The van der Waals surface area contributed by atoms with E-state index in [1.54, 1.807) is 24.3 Å². The van der Waals surface area contributed by atoms with Gasteiger partial charge in [-0.25, -0.2) is 9.59 Å². The van der Waals surface area contributed by atoms with E-state index in [-0.39, 0.29) is 13.0 Å². The van der Waals surface area contributed by atoms with E-state index in [0.29, 0.717) is 20.1 Å². The van der Waals surface area contributed by atoms with E-state index in [1.807, 2.05) is 38.1 Å². The quantitative estimate of drug-likeness (QED) is 0.374. The van der Waals surface area contributed by atoms with Crippen molar-refractivity contribution in [1.82, 2.24) is 9.78 Å². The number of hydrogen-bond donors (Lipinski definition) is 0. The third-order valence-electron chi connectivity index (χ3n) is 5.57. The fraction of sp³-hybridized carbons (Fsp3) is 0.280. The minimum Gasteiger partial charge on any atom is -0.459 e. The van der Waals surface area contributed by atoms with Crippen LogP contribution in [0, 0.1) is 13.8 Å². The first-order valence-electron chi connectivity index (χ1n) is 10.8. The summed E-state index contributed by atoms with van der Waals surface area (Å²) in [7, 11) is 0. The van der Waals surface area contributed by atoms with Gasteiger partial charge >= 0.3 is 11.9 Å². The van der Waals surface area contributed by atoms with Crippen molar-refractivity contribution >= 4 is 43.8 Å². The van der Waals surface area contributed by atoms with Crippen molar-refractivity contribution in [3.63, 3.8) is 0 Å². The molecule has 0 radical (unpaired) electrons. The van der Waals surface area contributed by atoms with E-state index in [2.05, 4.69) is 37.0 Å². The summed E-state index contributed by atoms with van der Waals surface area (Å²) < 4.78 is 19.2. The van der Waals surface area contributed by atoms with Gasteiger partial charge in [0.25, 0.3) is 5.56 Å². The number of esters is 2. The molecule has 4 rings (SSSR count). The van der Waals surface area contributed by atoms with Crippen LogP contribution in [0.1, 0.15) is 44.5 Å². The maximum atomic E-state index is 12.8. The number of hydrogen-bond acceptors (Lipinski definition) is 7. The minimum atomic E-state index is -0.814. The summed E-state index contributed by atoms with van der Waals surface area (Å²) in [5.41, 5.74) is 2.40. The second-order valence-corrected chi connectivity index (χ2v) is 9.84. The minimum absolute atomic E-state index is 0.158. The van der Waals surface area contributed by atoms with E-state index in [4.69, 9.17) is 14.2 Å². The Morgan fingerprint density at radius 3 is 2.17 bits per heavy atom. The third-order valence-corrected chi connectivity index (χ3v) is 7.47. The van der Waals surface area contributed by atoms with Crippen molar-refractivity contribution in [2.75, 3.05) is 6.61 Å². The molecule has 0 bridgehead atoms. The molecule has 0 N–H and O–H groups in total. The van der Waals surface area contributed by atoms with Gasteiger partial charge in [-0.15, -0.1) is 0 Å². The molecule has 1 saturated heterocycles. The molecule has 35 heavy (non-hydrogen) atoms. The Kier molecular flexibility index (Phi) is 7.83. The molecule has 3 aromatic rings. The second kappa shape index (κ2) is 10.8. The molecule has 0 aliphatic carbocycles. The molecule has 0 amide bonds. The fourth-order valence-electron chi connectivity index (χ4n) is 3.58. The van der Waals surface area contributed by atoms with E-state index < -0.39 is 35.9 Å². The normalized spacial score (nSPS) is 19.4. The highest BCUT2D eigenvalue weighted by molar-refractivity contribution is 9.13. The Balaban J connectivity index is 1.53. The lowest BCUT2D eigenvalue weighted by atomic mass is 10.1. The molecular weight excluding hydrogens is 584 g/mol. The van der Waals surface area contributed by atoms with Gasteiger partial charge in [0.2, 0.25) is 0 Å². The molecule has 3 atom stereocenters. The van der Waals surface area contributed by atoms with Crippen LogP contribution in [0.25, 0.3) is 0 Å². The number of ether oxygens (including phenoxy) is 3. The van der Waals surface area contributed by atoms with Gasteiger partial charge in [0.05, 0.1) is 21.8 Å². The van der Waals surface area contributed by atoms with E-state index in [9.17, 15) is 14.4 Å². The molecule has 2 heterocycles. The first-order chi connectivity index (χ1) is 16.7. The lowest BCUT2D eigenvalue weighted by Crippen LogP contribution is -2.32. The number of nitrogens with zero attached hydrogens (tertiary/aromatic N) is 2. The monoisotopic (exact) mass is 604 g/mol. The van der Waals surface area contributed by atoms with Gasteiger partial charge in [0, 0.05) is 6.42 Å². The van der Waals surface area contributed by atoms with Gasteiger partial charge < -0.3 is 14.2 Å². The van der Waals surface area contributed by atoms with E-state index in [1.165, 1.54) is 10.9 Å². The van der Waals surface area contributed by atoms with Gasteiger partial charge in [0.15, 0.2) is 6.23 Å². The smallest absolute Gasteiger partial charge is 0.338 e. The molecule has 182 valence electrons. The highest BCUT2D eigenvalue weighted by Gasteiger charge is 2.41. The molecule has 1 fully saturated rings. The number of benzene rings is 2. The second-order valence-electron chi connectivity index (χ2n) is 8.20. The maximum Gasteiger partial charge on any atom is 0.338 e. The number of carbonyl (C=O) groups is 2. The zero-order chi connectivity index (χ0) is 25.1. The van der Waals surface area contributed by atoms with Crippen LogP contribution >= 0.6 is 31.9 Å². The summed E-state index contributed by atoms with van der Waals surface area (Å²) in [5, 5.41) is 4.14. The van der Waals surface area contributed by atoms with Crippen molar-refractivity contribution in [2.45, 2.75) is 38.7 Å². The van der Waals surface area contributed by atoms with E-state index in [0.717, 1.165) is 11.1 Å². The van der Waals surface area contributed by atoms with Gasteiger partial charge in [0.1, 0.15) is 23.3 Å². The predicted octanol–water partition coefficient (Wildman–Crippen LogP) is 4.76. The van der Waals surface area contributed by atoms with Crippen molar-refractivity contribution in [2.24, 2.45) is 0 Å². The Morgan fingerprint density at radius 2 is 1.57 bits per heavy atom. The first kappa shape index (κ1) is 25.3. The maximum absolute atomic E-state index is 12.8. The molecule has 0 saturated carbocycles. The lowest BCUT2D eigenvalue weighted by molar-refractivity contribution is -0.0613. The Morgan fingerprint density at radius 1 is 1.00 bits per heavy atom. The van der Waals surface area contributed by atoms with Crippen LogP contribution in [0.15, 0.2) is 68.5 Å². The van der Waals surface area contributed by atoms with Gasteiger partial charge in [-0.05, 0) is 70.0 Å². The van der Waals surface area contributed by atoms with Crippen LogP contribution in [0.2, 0.25) is 0 Å². The summed E-state index contributed by atoms with van der Waals surface area (Å²) >= 11 is 6.49. The summed E-state index contributed by atoms with van der Waals surface area (Å²) in [5.74, 6) is -1.06. The highest BCUT2D eigenvalue weighted by Crippen LogP contribution is 2.31. The Hall–Kier alpha value is -2.82. The topological polar surface area (TPSA) is 96.7 Å². The average molecular weight is 606 g/mol. The van der Waals surface area contributed by atoms with Gasteiger partial charge in [-0.1, -0.05) is 35.4 Å². The zero-order valence-electron chi connectivity index (χ0n) is 18.9. The van der Waals surface area contributed by atoms with Crippen molar-refractivity contribution < 1.29 is 23.8 Å². The number of carbonyl (C=O) groups excluding carboxylic acids is 2. The first-order valence-corrected chi connectivity index (χ1v) is 12.4. The van der Waals surface area contributed by atoms with Crippen LogP contribution in [0.5, 0.6) is 0 Å². The molecule has 0 spiro atoms. The summed E-state index contributed by atoms with van der Waals surface area (Å²) in [6.45, 7) is 3.68. The number of halogens is 2. The van der Waals surface area contributed by atoms with Crippen LogP contribution in [-0.2, 0) is 14.2 Å². The standard InChI is InChI=1S/C25H22Br2N2O6/c1-14-3-7-16(8-4-14)24(31)33-13-20-19(35-25(32)17-9-5-15(2)6-10-17)11-21(34-20)29-23(30)22(27)18(26)12-28-29/h3-10,12,19-21H,11,13H2,1-2H3/t19-,20+,21+/m0/s1. The predicted molar refractivity (Wildman–Crippen MR) is 134 cm³/mol. The summed E-state index contributed by atoms with van der Waals surface area (Å²) in [6, 6.07) is 14.0. The molecule has 10 heteroatoms. The van der Waals surface area contributed by atoms with Gasteiger partial charge in [-0.3, -0.25) is 4.79 Å². The highest BCUT2D eigenvalue weighted by atomic mass is 79.9. The van der Waals surface area contributed by atoms with Gasteiger partial charge in [-0.2, -0.15) is 9.78 Å². The van der Waals surface area contributed by atoms with Crippen LogP contribution in [0.3, 0.4) is 0 Å². The SMILES string of the molecule is Cc1ccc(C(=O)OC[C@H]2O[C@@H](n3ncc(Br)c(Br)c3=O)C[C@@H]2OC(=O)c2ccc(C)cc2)cc1. The fourth-order valence-corrected chi connectivity index (χ4v) is 4.12. The number of aryl methyl sites for hydroxylation is 2. The zero-order valence-corrected chi connectivity index (χ0v) is 22.1. The molecule has 1 aliphatic rings. The Bertz CT molecular complexity index is 1290. The third kappa shape index (κ3) is 5.88. The van der Waals surface area contributed by atoms with E-state index >= 15 is 0 Å². The summed E-state index contributed by atoms with van der Waals surface area (Å²) in [4.78, 5) is 38.0. The average Bonchev–Trinajstić information content (AvgIpc) is 3.24. The molecule has 2 aromatic carbocycles. The van der Waals surface area contributed by atoms with Crippen LogP contribution in [0.4, 0.5) is 0 Å². The number of aromatic nitrogens is 2.